The van der Waals surface area contributed by atoms with E-state index in [4.69, 9.17) is 16.3 Å². The van der Waals surface area contributed by atoms with Gasteiger partial charge >= 0.3 is 0 Å². The van der Waals surface area contributed by atoms with E-state index in [-0.39, 0.29) is 42.8 Å². The molecule has 0 aliphatic carbocycles. The van der Waals surface area contributed by atoms with E-state index in [9.17, 15) is 14.4 Å². The van der Waals surface area contributed by atoms with Gasteiger partial charge in [-0.05, 0) is 48.4 Å². The van der Waals surface area contributed by atoms with Gasteiger partial charge in [0.15, 0.2) is 0 Å². The van der Waals surface area contributed by atoms with Gasteiger partial charge in [-0.2, -0.15) is 0 Å². The third kappa shape index (κ3) is 6.57. The number of hydrogen-bond acceptors (Lipinski definition) is 5. The Morgan fingerprint density at radius 3 is 2.76 bits per heavy atom. The van der Waals surface area contributed by atoms with Gasteiger partial charge in [-0.15, -0.1) is 0 Å². The Labute approximate surface area is 221 Å². The van der Waals surface area contributed by atoms with Crippen LogP contribution in [0.15, 0.2) is 54.7 Å². The average Bonchev–Trinajstić information content (AvgIpc) is 2.89. The molecule has 2 heterocycles. The molecule has 4 rings (SSSR count). The Morgan fingerprint density at radius 1 is 1.14 bits per heavy atom. The SMILES string of the molecule is CC(C)[C@H]1COc2ccc(Cl)cc2C(=O)NCCCCN(C(=O)c2nccc3ccccc23)CC(=O)N1. The predicted molar refractivity (Wildman–Crippen MR) is 143 cm³/mol. The summed E-state index contributed by atoms with van der Waals surface area (Å²) < 4.78 is 5.98. The summed E-state index contributed by atoms with van der Waals surface area (Å²) in [5, 5.41) is 7.99. The Kier molecular flexibility index (Phi) is 8.61. The van der Waals surface area contributed by atoms with Crippen LogP contribution in [0.1, 0.15) is 47.5 Å². The zero-order chi connectivity index (χ0) is 26.4. The molecule has 0 spiro atoms. The van der Waals surface area contributed by atoms with Crippen LogP contribution in [-0.4, -0.2) is 59.9 Å². The van der Waals surface area contributed by atoms with Gasteiger partial charge in [0.1, 0.15) is 18.1 Å². The molecule has 194 valence electrons. The van der Waals surface area contributed by atoms with Crippen LogP contribution in [-0.2, 0) is 4.79 Å². The molecule has 1 aromatic heterocycles. The lowest BCUT2D eigenvalue weighted by atomic mass is 10.1. The molecule has 8 nitrogen and oxygen atoms in total. The smallest absolute Gasteiger partial charge is 0.273 e. The largest absolute Gasteiger partial charge is 0.491 e. The lowest BCUT2D eigenvalue weighted by Crippen LogP contribution is -2.48. The molecule has 1 atom stereocenters. The summed E-state index contributed by atoms with van der Waals surface area (Å²) in [6.07, 6.45) is 2.82. The summed E-state index contributed by atoms with van der Waals surface area (Å²) in [6.45, 7) is 4.75. The molecule has 2 aromatic carbocycles. The molecule has 0 fully saturated rings. The minimum Gasteiger partial charge on any atom is -0.491 e. The second-order valence-electron chi connectivity index (χ2n) is 9.44. The number of carbonyl (C=O) groups excluding carboxylic acids is 3. The normalized spacial score (nSPS) is 17.7. The molecule has 0 saturated heterocycles. The van der Waals surface area contributed by atoms with Crippen molar-refractivity contribution >= 4 is 40.1 Å². The molecule has 37 heavy (non-hydrogen) atoms. The Balaban J connectivity index is 1.59. The molecular weight excluding hydrogens is 492 g/mol. The number of amides is 3. The molecule has 0 radical (unpaired) electrons. The maximum absolute atomic E-state index is 13.6. The summed E-state index contributed by atoms with van der Waals surface area (Å²) >= 11 is 6.13. The fourth-order valence-corrected chi connectivity index (χ4v) is 4.40. The van der Waals surface area contributed by atoms with Crippen LogP contribution in [0.2, 0.25) is 5.02 Å². The third-order valence-corrected chi connectivity index (χ3v) is 6.63. The zero-order valence-corrected chi connectivity index (χ0v) is 21.8. The van der Waals surface area contributed by atoms with Crippen LogP contribution in [0.3, 0.4) is 0 Å². The highest BCUT2D eigenvalue weighted by Gasteiger charge is 2.25. The van der Waals surface area contributed by atoms with E-state index < -0.39 is 0 Å². The van der Waals surface area contributed by atoms with Crippen molar-refractivity contribution in [3.05, 3.63) is 71.0 Å². The number of rotatable bonds is 2. The summed E-state index contributed by atoms with van der Waals surface area (Å²) in [4.78, 5) is 45.4. The van der Waals surface area contributed by atoms with E-state index >= 15 is 0 Å². The van der Waals surface area contributed by atoms with E-state index in [2.05, 4.69) is 15.6 Å². The van der Waals surface area contributed by atoms with Crippen molar-refractivity contribution in [1.82, 2.24) is 20.5 Å². The van der Waals surface area contributed by atoms with Crippen molar-refractivity contribution in [1.29, 1.82) is 0 Å². The topological polar surface area (TPSA) is 101 Å². The van der Waals surface area contributed by atoms with Crippen LogP contribution in [0.4, 0.5) is 0 Å². The fourth-order valence-electron chi connectivity index (χ4n) is 4.23. The van der Waals surface area contributed by atoms with Crippen molar-refractivity contribution in [3.63, 3.8) is 0 Å². The van der Waals surface area contributed by atoms with Crippen molar-refractivity contribution in [3.8, 4) is 5.75 Å². The first-order chi connectivity index (χ1) is 17.8. The number of carbonyl (C=O) groups is 3. The Hall–Kier alpha value is -3.65. The number of fused-ring (bicyclic) bond motifs is 2. The summed E-state index contributed by atoms with van der Waals surface area (Å²) in [5.41, 5.74) is 0.656. The van der Waals surface area contributed by atoms with E-state index in [0.29, 0.717) is 48.0 Å². The number of benzene rings is 2. The van der Waals surface area contributed by atoms with E-state index in [1.165, 1.54) is 4.90 Å². The first kappa shape index (κ1) is 26.4. The minimum absolute atomic E-state index is 0.0492. The summed E-state index contributed by atoms with van der Waals surface area (Å²) in [6, 6.07) is 14.0. The van der Waals surface area contributed by atoms with E-state index in [1.807, 2.05) is 44.2 Å². The molecule has 3 amide bonds. The Bertz CT molecular complexity index is 1290. The zero-order valence-electron chi connectivity index (χ0n) is 21.0. The van der Waals surface area contributed by atoms with Gasteiger partial charge < -0.3 is 20.3 Å². The number of hydrogen-bond donors (Lipinski definition) is 2. The van der Waals surface area contributed by atoms with Gasteiger partial charge in [0, 0.05) is 29.7 Å². The van der Waals surface area contributed by atoms with Crippen LogP contribution < -0.4 is 15.4 Å². The minimum atomic E-state index is -0.336. The number of ether oxygens (including phenoxy) is 1. The van der Waals surface area contributed by atoms with E-state index in [1.54, 1.807) is 24.4 Å². The number of pyridine rings is 1. The van der Waals surface area contributed by atoms with Crippen LogP contribution >= 0.6 is 11.6 Å². The lowest BCUT2D eigenvalue weighted by molar-refractivity contribution is -0.123. The summed E-state index contributed by atoms with van der Waals surface area (Å²) in [5.74, 6) is -0.426. The first-order valence-electron chi connectivity index (χ1n) is 12.5. The van der Waals surface area contributed by atoms with Gasteiger partial charge in [-0.1, -0.05) is 49.7 Å². The molecular formula is C28H31ClN4O4. The predicted octanol–water partition coefficient (Wildman–Crippen LogP) is 4.07. The van der Waals surface area contributed by atoms with Crippen molar-refractivity contribution < 1.29 is 19.1 Å². The van der Waals surface area contributed by atoms with Gasteiger partial charge in [-0.3, -0.25) is 19.4 Å². The number of nitrogens with one attached hydrogen (secondary N) is 2. The van der Waals surface area contributed by atoms with Crippen LogP contribution in [0.25, 0.3) is 10.8 Å². The van der Waals surface area contributed by atoms with E-state index in [0.717, 1.165) is 10.8 Å². The highest BCUT2D eigenvalue weighted by Crippen LogP contribution is 2.24. The van der Waals surface area contributed by atoms with Crippen LogP contribution in [0.5, 0.6) is 5.75 Å². The maximum atomic E-state index is 13.6. The lowest BCUT2D eigenvalue weighted by Gasteiger charge is -2.26. The summed E-state index contributed by atoms with van der Waals surface area (Å²) in [7, 11) is 0. The number of nitrogens with zero attached hydrogens (tertiary/aromatic N) is 2. The quantitative estimate of drug-likeness (QED) is 0.528. The molecule has 1 aliphatic rings. The second kappa shape index (κ2) is 12.1. The number of halogens is 1. The van der Waals surface area contributed by atoms with Crippen molar-refractivity contribution in [2.75, 3.05) is 26.2 Å². The molecule has 0 unspecified atom stereocenters. The average molecular weight is 523 g/mol. The molecule has 1 aliphatic heterocycles. The monoisotopic (exact) mass is 522 g/mol. The third-order valence-electron chi connectivity index (χ3n) is 6.39. The molecule has 0 saturated carbocycles. The standard InChI is InChI=1S/C28H31ClN4O4/c1-18(2)23-17-37-24-10-9-20(29)15-22(24)27(35)31-12-5-6-14-33(16-25(34)32-23)28(36)26-21-8-4-3-7-19(21)11-13-30-26/h3-4,7-11,13,15,18,23H,5-6,12,14,16-17H2,1-2H3,(H,31,35)(H,32,34)/t23-/m1/s1. The van der Waals surface area contributed by atoms with Gasteiger partial charge in [0.2, 0.25) is 5.91 Å². The molecule has 9 heteroatoms. The van der Waals surface area contributed by atoms with Gasteiger partial charge in [0.25, 0.3) is 11.8 Å². The Morgan fingerprint density at radius 2 is 1.95 bits per heavy atom. The van der Waals surface area contributed by atoms with Gasteiger partial charge in [-0.25, -0.2) is 0 Å². The second-order valence-corrected chi connectivity index (χ2v) is 9.88. The maximum Gasteiger partial charge on any atom is 0.273 e. The van der Waals surface area contributed by atoms with Crippen molar-refractivity contribution in [2.24, 2.45) is 5.92 Å². The van der Waals surface area contributed by atoms with Crippen LogP contribution in [0, 0.1) is 5.92 Å². The fraction of sp³-hybridized carbons (Fsp3) is 0.357. The van der Waals surface area contributed by atoms with Gasteiger partial charge in [0.05, 0.1) is 18.2 Å². The van der Waals surface area contributed by atoms with Crippen molar-refractivity contribution in [2.45, 2.75) is 32.7 Å². The highest BCUT2D eigenvalue weighted by molar-refractivity contribution is 6.31. The first-order valence-corrected chi connectivity index (χ1v) is 12.8. The molecule has 2 N–H and O–H groups in total. The highest BCUT2D eigenvalue weighted by atomic mass is 35.5. The number of aromatic nitrogens is 1. The molecule has 3 aromatic rings. The molecule has 0 bridgehead atoms.